The molecule has 0 aliphatic rings. The molecule has 0 bridgehead atoms. The highest BCUT2D eigenvalue weighted by molar-refractivity contribution is 6.69. The Morgan fingerprint density at radius 1 is 1.38 bits per heavy atom. The van der Waals surface area contributed by atoms with Crippen molar-refractivity contribution in [1.29, 1.82) is 0 Å². The van der Waals surface area contributed by atoms with Gasteiger partial charge in [0.15, 0.2) is 5.76 Å². The number of oxime groups is 1. The van der Waals surface area contributed by atoms with Gasteiger partial charge in [-0.1, -0.05) is 35.0 Å². The second kappa shape index (κ2) is 3.11. The number of hydrogen-bond acceptors (Lipinski definition) is 3. The summed E-state index contributed by atoms with van der Waals surface area (Å²) in [5, 5.41) is 12.1. The molecule has 3 nitrogen and oxygen atoms in total. The molecule has 1 aromatic heterocycles. The van der Waals surface area contributed by atoms with E-state index in [0.29, 0.717) is 5.76 Å². The van der Waals surface area contributed by atoms with Gasteiger partial charge >= 0.3 is 0 Å². The summed E-state index contributed by atoms with van der Waals surface area (Å²) < 4.78 is 5.30. The molecule has 0 spiro atoms. The summed E-state index contributed by atoms with van der Waals surface area (Å²) in [4.78, 5) is 0. The average molecular weight is 196 g/mol. The monoisotopic (exact) mass is 195 g/mol. The van der Waals surface area contributed by atoms with E-state index in [1.54, 1.807) is 6.07 Å². The van der Waals surface area contributed by atoms with Gasteiger partial charge in [0.25, 0.3) is 0 Å². The maximum absolute atomic E-state index is 8.41. The molecule has 0 saturated heterocycles. The Morgan fingerprint density at radius 2 is 2.15 bits per heavy atom. The van der Waals surface area contributed by atoms with Gasteiger partial charge in [0.2, 0.25) is 5.17 Å². The molecule has 2 aromatic rings. The molecule has 0 radical (unpaired) electrons. The highest BCUT2D eigenvalue weighted by Crippen LogP contribution is 2.20. The molecule has 0 aliphatic heterocycles. The molecule has 66 valence electrons. The zero-order valence-corrected chi connectivity index (χ0v) is 7.32. The third-order valence-electron chi connectivity index (χ3n) is 1.72. The lowest BCUT2D eigenvalue weighted by molar-refractivity contribution is 0.320. The van der Waals surface area contributed by atoms with E-state index in [4.69, 9.17) is 21.2 Å². The molecule has 0 aliphatic carbocycles. The Bertz CT molecular complexity index is 428. The van der Waals surface area contributed by atoms with Crippen LogP contribution in [0.2, 0.25) is 0 Å². The van der Waals surface area contributed by atoms with E-state index < -0.39 is 0 Å². The van der Waals surface area contributed by atoms with Gasteiger partial charge in [-0.15, -0.1) is 0 Å². The summed E-state index contributed by atoms with van der Waals surface area (Å²) in [6, 6.07) is 9.19. The summed E-state index contributed by atoms with van der Waals surface area (Å²) >= 11 is 5.57. The lowest BCUT2D eigenvalue weighted by Crippen LogP contribution is -1.85. The van der Waals surface area contributed by atoms with Crippen LogP contribution in [0.3, 0.4) is 0 Å². The number of rotatable bonds is 1. The minimum absolute atomic E-state index is 0.0452. The van der Waals surface area contributed by atoms with Crippen LogP contribution >= 0.6 is 11.6 Å². The zero-order chi connectivity index (χ0) is 9.26. The molecule has 0 amide bonds. The summed E-state index contributed by atoms with van der Waals surface area (Å²) in [5.74, 6) is 0.366. The number of hydrogen-bond donors (Lipinski definition) is 1. The van der Waals surface area contributed by atoms with Gasteiger partial charge < -0.3 is 9.62 Å². The fraction of sp³-hybridized carbons (Fsp3) is 0. The first-order valence-corrected chi connectivity index (χ1v) is 4.05. The van der Waals surface area contributed by atoms with E-state index in [1.165, 1.54) is 0 Å². The van der Waals surface area contributed by atoms with Crippen LogP contribution in [0.1, 0.15) is 5.76 Å². The lowest BCUT2D eigenvalue weighted by Gasteiger charge is -1.85. The summed E-state index contributed by atoms with van der Waals surface area (Å²) in [6.07, 6.45) is 0. The molecule has 0 unspecified atom stereocenters. The van der Waals surface area contributed by atoms with Gasteiger partial charge in [-0.2, -0.15) is 0 Å². The first kappa shape index (κ1) is 8.13. The number of nitrogens with zero attached hydrogens (tertiary/aromatic N) is 1. The largest absolute Gasteiger partial charge is 0.453 e. The molecular weight excluding hydrogens is 190 g/mol. The van der Waals surface area contributed by atoms with Crippen molar-refractivity contribution in [2.75, 3.05) is 0 Å². The predicted molar refractivity (Wildman–Crippen MR) is 50.4 cm³/mol. The minimum Gasteiger partial charge on any atom is -0.453 e. The third kappa shape index (κ3) is 1.38. The van der Waals surface area contributed by atoms with E-state index in [9.17, 15) is 0 Å². The first-order chi connectivity index (χ1) is 6.31. The van der Waals surface area contributed by atoms with Crippen LogP contribution < -0.4 is 0 Å². The van der Waals surface area contributed by atoms with Crippen LogP contribution in [0.5, 0.6) is 0 Å². The highest BCUT2D eigenvalue weighted by Gasteiger charge is 2.07. The molecule has 1 aromatic carbocycles. The highest BCUT2D eigenvalue weighted by atomic mass is 35.5. The van der Waals surface area contributed by atoms with E-state index in [0.717, 1.165) is 11.0 Å². The van der Waals surface area contributed by atoms with Crippen molar-refractivity contribution < 1.29 is 9.62 Å². The molecule has 2 rings (SSSR count). The molecule has 0 saturated carbocycles. The quantitative estimate of drug-likeness (QED) is 0.432. The molecule has 13 heavy (non-hydrogen) atoms. The standard InChI is InChI=1S/C9H6ClNO2/c10-9(11-12)8-5-6-3-1-2-4-7(6)13-8/h1-5,12H. The third-order valence-corrected chi connectivity index (χ3v) is 1.98. The minimum atomic E-state index is -0.0452. The van der Waals surface area contributed by atoms with E-state index in [2.05, 4.69) is 5.16 Å². The van der Waals surface area contributed by atoms with Gasteiger partial charge in [-0.25, -0.2) is 0 Å². The predicted octanol–water partition coefficient (Wildman–Crippen LogP) is 2.81. The van der Waals surface area contributed by atoms with Crippen molar-refractivity contribution in [2.24, 2.45) is 5.16 Å². The SMILES string of the molecule is ON=C(Cl)c1cc2ccccc2o1. The van der Waals surface area contributed by atoms with Crippen molar-refractivity contribution in [3.05, 3.63) is 36.1 Å². The van der Waals surface area contributed by atoms with Gasteiger partial charge in [-0.05, 0) is 12.1 Å². The molecule has 0 atom stereocenters. The number of benzene rings is 1. The number of furan rings is 1. The topological polar surface area (TPSA) is 45.7 Å². The Balaban J connectivity index is 2.62. The summed E-state index contributed by atoms with van der Waals surface area (Å²) in [5.41, 5.74) is 0.722. The average Bonchev–Trinajstić information content (AvgIpc) is 2.59. The second-order valence-corrected chi connectivity index (χ2v) is 2.90. The molecule has 1 N–H and O–H groups in total. The van der Waals surface area contributed by atoms with Crippen molar-refractivity contribution in [3.8, 4) is 0 Å². The summed E-state index contributed by atoms with van der Waals surface area (Å²) in [7, 11) is 0. The van der Waals surface area contributed by atoms with Gasteiger partial charge in [0.1, 0.15) is 5.58 Å². The molecular formula is C9H6ClNO2. The fourth-order valence-corrected chi connectivity index (χ4v) is 1.23. The zero-order valence-electron chi connectivity index (χ0n) is 6.57. The van der Waals surface area contributed by atoms with Gasteiger partial charge in [-0.3, -0.25) is 0 Å². The Kier molecular flexibility index (Phi) is 1.94. The molecule has 4 heteroatoms. The van der Waals surface area contributed by atoms with Crippen LogP contribution in [0, 0.1) is 0 Å². The maximum atomic E-state index is 8.41. The van der Waals surface area contributed by atoms with Crippen LogP contribution in [-0.2, 0) is 0 Å². The van der Waals surface area contributed by atoms with Gasteiger partial charge in [0, 0.05) is 5.39 Å². The summed E-state index contributed by atoms with van der Waals surface area (Å²) in [6.45, 7) is 0. The van der Waals surface area contributed by atoms with E-state index in [1.807, 2.05) is 24.3 Å². The second-order valence-electron chi connectivity index (χ2n) is 2.54. The van der Waals surface area contributed by atoms with Crippen molar-refractivity contribution in [3.63, 3.8) is 0 Å². The van der Waals surface area contributed by atoms with E-state index in [-0.39, 0.29) is 5.17 Å². The fourth-order valence-electron chi connectivity index (χ4n) is 1.13. The number of para-hydroxylation sites is 1. The van der Waals surface area contributed by atoms with Crippen LogP contribution in [0.25, 0.3) is 11.0 Å². The molecule has 0 fully saturated rings. The van der Waals surface area contributed by atoms with E-state index >= 15 is 0 Å². The Hall–Kier alpha value is -1.48. The number of fused-ring (bicyclic) bond motifs is 1. The van der Waals surface area contributed by atoms with Crippen LogP contribution in [-0.4, -0.2) is 10.4 Å². The normalized spacial score (nSPS) is 12.2. The van der Waals surface area contributed by atoms with Crippen molar-refractivity contribution >= 4 is 27.7 Å². The number of halogens is 1. The Morgan fingerprint density at radius 3 is 2.85 bits per heavy atom. The first-order valence-electron chi connectivity index (χ1n) is 3.68. The van der Waals surface area contributed by atoms with Gasteiger partial charge in [0.05, 0.1) is 0 Å². The maximum Gasteiger partial charge on any atom is 0.210 e. The smallest absolute Gasteiger partial charge is 0.210 e. The van der Waals surface area contributed by atoms with Crippen LogP contribution in [0.15, 0.2) is 39.9 Å². The Labute approximate surface area is 79.2 Å². The van der Waals surface area contributed by atoms with Crippen molar-refractivity contribution in [1.82, 2.24) is 0 Å². The lowest BCUT2D eigenvalue weighted by atomic mass is 10.2. The molecule has 1 heterocycles. The van der Waals surface area contributed by atoms with Crippen LogP contribution in [0.4, 0.5) is 0 Å². The van der Waals surface area contributed by atoms with Crippen molar-refractivity contribution in [2.45, 2.75) is 0 Å².